The molecule has 0 aliphatic carbocycles. The first-order chi connectivity index (χ1) is 10.1. The minimum atomic E-state index is -0.645. The minimum Gasteiger partial charge on any atom is -0.348 e. The molecule has 8 heteroatoms. The lowest BCUT2D eigenvalue weighted by Crippen LogP contribution is -2.34. The van der Waals surface area contributed by atoms with E-state index in [4.69, 9.17) is 0 Å². The first kappa shape index (κ1) is 13.5. The van der Waals surface area contributed by atoms with Crippen molar-refractivity contribution in [1.29, 1.82) is 0 Å². The second-order valence-electron chi connectivity index (χ2n) is 4.66. The van der Waals surface area contributed by atoms with Gasteiger partial charge in [0.2, 0.25) is 4.96 Å². The van der Waals surface area contributed by atoms with Gasteiger partial charge in [0.05, 0.1) is 23.6 Å². The third-order valence-electron chi connectivity index (χ3n) is 3.18. The van der Waals surface area contributed by atoms with E-state index < -0.39 is 11.7 Å². The van der Waals surface area contributed by atoms with Crippen LogP contribution in [0, 0.1) is 0 Å². The number of rotatable bonds is 4. The molecule has 0 saturated carbocycles. The van der Waals surface area contributed by atoms with E-state index in [0.29, 0.717) is 11.4 Å². The largest absolute Gasteiger partial charge is 0.348 e. The van der Waals surface area contributed by atoms with Crippen molar-refractivity contribution in [2.75, 3.05) is 0 Å². The van der Waals surface area contributed by atoms with E-state index in [-0.39, 0.29) is 6.04 Å². The van der Waals surface area contributed by atoms with E-state index in [1.54, 1.807) is 53.1 Å². The molecule has 3 aromatic rings. The lowest BCUT2D eigenvalue weighted by Gasteiger charge is -2.10. The van der Waals surface area contributed by atoms with Gasteiger partial charge in [-0.05, 0) is 19.1 Å². The summed E-state index contributed by atoms with van der Waals surface area (Å²) in [7, 11) is 1.72. The number of amides is 1. The molecule has 1 N–H and O–H groups in total. The fourth-order valence-corrected chi connectivity index (χ4v) is 2.62. The van der Waals surface area contributed by atoms with E-state index in [1.165, 1.54) is 11.3 Å². The molecule has 3 heterocycles. The summed E-state index contributed by atoms with van der Waals surface area (Å²) in [6.45, 7) is 1.78. The van der Waals surface area contributed by atoms with Crippen molar-refractivity contribution < 1.29 is 9.59 Å². The summed E-state index contributed by atoms with van der Waals surface area (Å²) in [5.41, 5.74) is 2.71. The highest BCUT2D eigenvalue weighted by Crippen LogP contribution is 2.15. The average molecular weight is 303 g/mol. The van der Waals surface area contributed by atoms with Crippen LogP contribution >= 0.6 is 11.3 Å². The summed E-state index contributed by atoms with van der Waals surface area (Å²) in [6, 6.07) is 2.97. The summed E-state index contributed by atoms with van der Waals surface area (Å²) in [6.07, 6.45) is 3.46. The van der Waals surface area contributed by atoms with Crippen LogP contribution in [0.25, 0.3) is 4.96 Å². The van der Waals surface area contributed by atoms with Crippen molar-refractivity contribution in [2.45, 2.75) is 13.0 Å². The Morgan fingerprint density at radius 3 is 2.90 bits per heavy atom. The minimum absolute atomic E-state index is 0.354. The molecule has 3 rings (SSSR count). The van der Waals surface area contributed by atoms with Crippen molar-refractivity contribution >= 4 is 28.0 Å². The molecular weight excluding hydrogens is 290 g/mol. The van der Waals surface area contributed by atoms with Gasteiger partial charge >= 0.3 is 0 Å². The predicted octanol–water partition coefficient (Wildman–Crippen LogP) is 1.19. The molecule has 21 heavy (non-hydrogen) atoms. The highest BCUT2D eigenvalue weighted by Gasteiger charge is 2.22. The van der Waals surface area contributed by atoms with Gasteiger partial charge in [0.1, 0.15) is 5.51 Å². The average Bonchev–Trinajstić information content (AvgIpc) is 3.12. The van der Waals surface area contributed by atoms with Gasteiger partial charge in [0.25, 0.3) is 11.7 Å². The standard InChI is InChI=1S/C13H13N5O2S/c1-8(9-6-18-13(16-9)21-7-14-18)15-12(20)11(19)10-4-3-5-17(10)2/h3-8H,1-2H3,(H,15,20)/t8-/m1/s1. The lowest BCUT2D eigenvalue weighted by atomic mass is 10.2. The maximum absolute atomic E-state index is 12.0. The molecular formula is C13H13N5O2S. The summed E-state index contributed by atoms with van der Waals surface area (Å²) in [5, 5.41) is 6.74. The van der Waals surface area contributed by atoms with Crippen molar-refractivity contribution in [1.82, 2.24) is 24.5 Å². The van der Waals surface area contributed by atoms with Crippen LogP contribution in [0.5, 0.6) is 0 Å². The Hall–Kier alpha value is -2.48. The number of hydrogen-bond donors (Lipinski definition) is 1. The Morgan fingerprint density at radius 2 is 2.24 bits per heavy atom. The van der Waals surface area contributed by atoms with Crippen LogP contribution in [0.1, 0.15) is 29.1 Å². The van der Waals surface area contributed by atoms with Crippen molar-refractivity contribution in [3.05, 3.63) is 41.4 Å². The first-order valence-electron chi connectivity index (χ1n) is 6.31. The smallest absolute Gasteiger partial charge is 0.294 e. The Kier molecular flexibility index (Phi) is 3.30. The molecule has 0 unspecified atom stereocenters. The number of carbonyl (C=O) groups excluding carboxylic acids is 2. The molecule has 0 spiro atoms. The Labute approximate surface area is 124 Å². The molecule has 0 aliphatic rings. The van der Waals surface area contributed by atoms with Gasteiger partial charge in [-0.2, -0.15) is 5.10 Å². The fraction of sp³-hybridized carbons (Fsp3) is 0.231. The third kappa shape index (κ3) is 2.45. The van der Waals surface area contributed by atoms with Crippen LogP contribution in [0.15, 0.2) is 30.0 Å². The third-order valence-corrected chi connectivity index (χ3v) is 3.87. The molecule has 0 bridgehead atoms. The molecule has 7 nitrogen and oxygen atoms in total. The number of Topliss-reactive ketones (excluding diaryl/α,β-unsaturated/α-hetero) is 1. The molecule has 0 radical (unpaired) electrons. The van der Waals surface area contributed by atoms with E-state index in [1.807, 2.05) is 0 Å². The maximum Gasteiger partial charge on any atom is 0.294 e. The van der Waals surface area contributed by atoms with Crippen LogP contribution < -0.4 is 5.32 Å². The van der Waals surface area contributed by atoms with Crippen molar-refractivity contribution in [3.8, 4) is 0 Å². The molecule has 1 amide bonds. The van der Waals surface area contributed by atoms with Crippen LogP contribution in [0.2, 0.25) is 0 Å². The zero-order valence-corrected chi connectivity index (χ0v) is 12.3. The van der Waals surface area contributed by atoms with Gasteiger partial charge in [0.15, 0.2) is 0 Å². The number of nitrogens with zero attached hydrogens (tertiary/aromatic N) is 4. The monoisotopic (exact) mass is 303 g/mol. The Balaban J connectivity index is 1.73. The number of aryl methyl sites for hydroxylation is 1. The quantitative estimate of drug-likeness (QED) is 0.580. The van der Waals surface area contributed by atoms with Crippen molar-refractivity contribution in [3.63, 3.8) is 0 Å². The van der Waals surface area contributed by atoms with Crippen LogP contribution in [0.4, 0.5) is 0 Å². The van der Waals surface area contributed by atoms with Gasteiger partial charge in [-0.15, -0.1) is 0 Å². The molecule has 0 saturated heterocycles. The Bertz CT molecular complexity index is 787. The van der Waals surface area contributed by atoms with Gasteiger partial charge in [-0.25, -0.2) is 9.50 Å². The van der Waals surface area contributed by atoms with Crippen LogP contribution in [-0.2, 0) is 11.8 Å². The van der Waals surface area contributed by atoms with E-state index in [0.717, 1.165) is 4.96 Å². The molecule has 108 valence electrons. The lowest BCUT2D eigenvalue weighted by molar-refractivity contribution is -0.117. The van der Waals surface area contributed by atoms with E-state index in [9.17, 15) is 9.59 Å². The predicted molar refractivity (Wildman–Crippen MR) is 77.2 cm³/mol. The highest BCUT2D eigenvalue weighted by molar-refractivity contribution is 7.14. The normalized spacial score (nSPS) is 12.5. The number of carbonyl (C=O) groups is 2. The number of imidazole rings is 1. The maximum atomic E-state index is 12.0. The van der Waals surface area contributed by atoms with Gasteiger partial charge in [-0.3, -0.25) is 9.59 Å². The number of ketones is 1. The first-order valence-corrected chi connectivity index (χ1v) is 7.19. The molecule has 0 aromatic carbocycles. The summed E-state index contributed by atoms with van der Waals surface area (Å²) >= 11 is 1.41. The second kappa shape index (κ2) is 5.13. The number of aromatic nitrogens is 4. The molecule has 0 aliphatic heterocycles. The second-order valence-corrected chi connectivity index (χ2v) is 5.47. The zero-order valence-electron chi connectivity index (χ0n) is 11.5. The van der Waals surface area contributed by atoms with E-state index in [2.05, 4.69) is 15.4 Å². The molecule has 1 atom stereocenters. The highest BCUT2D eigenvalue weighted by atomic mass is 32.1. The SMILES string of the molecule is C[C@@H](NC(=O)C(=O)c1cccn1C)c1cn2ncsc2n1. The van der Waals surface area contributed by atoms with Gasteiger partial charge in [0, 0.05) is 13.2 Å². The topological polar surface area (TPSA) is 81.3 Å². The Morgan fingerprint density at radius 1 is 1.43 bits per heavy atom. The van der Waals surface area contributed by atoms with E-state index >= 15 is 0 Å². The van der Waals surface area contributed by atoms with Gasteiger partial charge in [-0.1, -0.05) is 11.3 Å². The van der Waals surface area contributed by atoms with Crippen molar-refractivity contribution in [2.24, 2.45) is 7.05 Å². The summed E-state index contributed by atoms with van der Waals surface area (Å²) < 4.78 is 3.25. The van der Waals surface area contributed by atoms with Crippen LogP contribution in [-0.4, -0.2) is 30.9 Å². The molecule has 3 aromatic heterocycles. The summed E-state index contributed by atoms with van der Waals surface area (Å²) in [5.74, 6) is -1.21. The van der Waals surface area contributed by atoms with Crippen LogP contribution in [0.3, 0.4) is 0 Å². The van der Waals surface area contributed by atoms with Gasteiger partial charge < -0.3 is 9.88 Å². The number of nitrogens with one attached hydrogen (secondary N) is 1. The number of hydrogen-bond acceptors (Lipinski definition) is 5. The number of fused-ring (bicyclic) bond motifs is 1. The zero-order chi connectivity index (χ0) is 15.0. The molecule has 0 fully saturated rings. The fourth-order valence-electron chi connectivity index (χ4n) is 2.01. The summed E-state index contributed by atoms with van der Waals surface area (Å²) in [4.78, 5) is 29.2.